The molecular weight excluding hydrogens is 269 g/mol. The third-order valence-corrected chi connectivity index (χ3v) is 2.82. The first-order valence-corrected chi connectivity index (χ1v) is 6.15. The molecule has 0 radical (unpaired) electrons. The van der Waals surface area contributed by atoms with E-state index in [4.69, 9.17) is 5.26 Å². The molecule has 0 fully saturated rings. The van der Waals surface area contributed by atoms with Crippen LogP contribution in [0.1, 0.15) is 29.8 Å². The van der Waals surface area contributed by atoms with Crippen LogP contribution in [0.25, 0.3) is 0 Å². The topological polar surface area (TPSA) is 44.1 Å². The Morgan fingerprint density at radius 3 is 2.60 bits per heavy atom. The van der Waals surface area contributed by atoms with Crippen molar-refractivity contribution in [1.29, 1.82) is 5.26 Å². The predicted molar refractivity (Wildman–Crippen MR) is 67.8 cm³/mol. The first kappa shape index (κ1) is 16.0. The molecule has 20 heavy (non-hydrogen) atoms. The van der Waals surface area contributed by atoms with Crippen molar-refractivity contribution in [3.05, 3.63) is 35.4 Å². The van der Waals surface area contributed by atoms with Crippen LogP contribution in [0.4, 0.5) is 13.2 Å². The highest BCUT2D eigenvalue weighted by atomic mass is 19.4. The Morgan fingerprint density at radius 2 is 2.10 bits per heavy atom. The molecule has 1 amide bonds. The van der Waals surface area contributed by atoms with Crippen LogP contribution in [0.2, 0.25) is 0 Å². The molecule has 0 heterocycles. The van der Waals surface area contributed by atoms with Crippen molar-refractivity contribution in [3.63, 3.8) is 0 Å². The molecule has 0 saturated heterocycles. The Balaban J connectivity index is 2.99. The maximum atomic E-state index is 12.6. The van der Waals surface area contributed by atoms with Gasteiger partial charge in [0, 0.05) is 18.7 Å². The van der Waals surface area contributed by atoms with Crippen molar-refractivity contribution in [1.82, 2.24) is 4.90 Å². The SMILES string of the molecule is CCN(CC(C)C#N)C(=O)c1cccc(C(F)(F)F)c1. The van der Waals surface area contributed by atoms with E-state index in [-0.39, 0.29) is 18.0 Å². The Morgan fingerprint density at radius 1 is 1.45 bits per heavy atom. The Labute approximate surface area is 115 Å². The van der Waals surface area contributed by atoms with E-state index in [9.17, 15) is 18.0 Å². The van der Waals surface area contributed by atoms with Crippen molar-refractivity contribution in [2.75, 3.05) is 13.1 Å². The molecular formula is C14H15F3N2O. The van der Waals surface area contributed by atoms with Crippen molar-refractivity contribution in [3.8, 4) is 6.07 Å². The van der Waals surface area contributed by atoms with Crippen LogP contribution in [0.15, 0.2) is 24.3 Å². The number of nitriles is 1. The number of nitrogens with zero attached hydrogens (tertiary/aromatic N) is 2. The summed E-state index contributed by atoms with van der Waals surface area (Å²) in [6.45, 7) is 3.90. The summed E-state index contributed by atoms with van der Waals surface area (Å²) in [7, 11) is 0. The summed E-state index contributed by atoms with van der Waals surface area (Å²) >= 11 is 0. The molecule has 108 valence electrons. The molecule has 1 unspecified atom stereocenters. The van der Waals surface area contributed by atoms with Crippen LogP contribution in [-0.2, 0) is 6.18 Å². The highest BCUT2D eigenvalue weighted by Crippen LogP contribution is 2.29. The fourth-order valence-corrected chi connectivity index (χ4v) is 1.74. The zero-order valence-electron chi connectivity index (χ0n) is 11.2. The number of carbonyl (C=O) groups excluding carboxylic acids is 1. The van der Waals surface area contributed by atoms with Crippen molar-refractivity contribution < 1.29 is 18.0 Å². The lowest BCUT2D eigenvalue weighted by atomic mass is 10.1. The smallest absolute Gasteiger partial charge is 0.338 e. The van der Waals surface area contributed by atoms with Gasteiger partial charge in [0.15, 0.2) is 0 Å². The second kappa shape index (κ2) is 6.42. The predicted octanol–water partition coefficient (Wildman–Crippen LogP) is 3.33. The van der Waals surface area contributed by atoms with Gasteiger partial charge in [0.05, 0.1) is 17.6 Å². The Kier molecular flexibility index (Phi) is 5.14. The number of alkyl halides is 3. The molecule has 0 saturated carbocycles. The van der Waals surface area contributed by atoms with Gasteiger partial charge < -0.3 is 4.90 Å². The summed E-state index contributed by atoms with van der Waals surface area (Å²) in [5.41, 5.74) is -0.875. The number of amides is 1. The molecule has 0 bridgehead atoms. The molecule has 0 aliphatic rings. The average molecular weight is 284 g/mol. The monoisotopic (exact) mass is 284 g/mol. The van der Waals surface area contributed by atoms with Gasteiger partial charge in [-0.3, -0.25) is 4.79 Å². The van der Waals surface area contributed by atoms with Gasteiger partial charge in [-0.15, -0.1) is 0 Å². The minimum atomic E-state index is -4.48. The zero-order valence-corrected chi connectivity index (χ0v) is 11.2. The fourth-order valence-electron chi connectivity index (χ4n) is 1.74. The number of rotatable bonds is 4. The van der Waals surface area contributed by atoms with Gasteiger partial charge in [-0.2, -0.15) is 18.4 Å². The first-order valence-electron chi connectivity index (χ1n) is 6.15. The first-order chi connectivity index (χ1) is 9.29. The van der Waals surface area contributed by atoms with E-state index in [0.717, 1.165) is 12.1 Å². The molecule has 3 nitrogen and oxygen atoms in total. The summed E-state index contributed by atoms with van der Waals surface area (Å²) in [5.74, 6) is -0.870. The molecule has 1 aromatic carbocycles. The summed E-state index contributed by atoms with van der Waals surface area (Å²) in [4.78, 5) is 13.5. The van der Waals surface area contributed by atoms with Gasteiger partial charge in [0.2, 0.25) is 0 Å². The highest BCUT2D eigenvalue weighted by Gasteiger charge is 2.31. The van der Waals surface area contributed by atoms with E-state index in [2.05, 4.69) is 0 Å². The van der Waals surface area contributed by atoms with Crippen LogP contribution < -0.4 is 0 Å². The van der Waals surface area contributed by atoms with Gasteiger partial charge in [-0.25, -0.2) is 0 Å². The van der Waals surface area contributed by atoms with Crippen molar-refractivity contribution in [2.45, 2.75) is 20.0 Å². The van der Waals surface area contributed by atoms with E-state index in [1.807, 2.05) is 6.07 Å². The lowest BCUT2D eigenvalue weighted by Crippen LogP contribution is -2.34. The third kappa shape index (κ3) is 3.98. The molecule has 1 atom stereocenters. The minimum Gasteiger partial charge on any atom is -0.338 e. The summed E-state index contributed by atoms with van der Waals surface area (Å²) in [5, 5.41) is 8.75. The second-order valence-electron chi connectivity index (χ2n) is 4.45. The molecule has 0 spiro atoms. The molecule has 6 heteroatoms. The van der Waals surface area contributed by atoms with Crippen LogP contribution in [0.3, 0.4) is 0 Å². The quantitative estimate of drug-likeness (QED) is 0.851. The number of carbonyl (C=O) groups is 1. The molecule has 0 aromatic heterocycles. The van der Waals surface area contributed by atoms with E-state index in [1.165, 1.54) is 17.0 Å². The lowest BCUT2D eigenvalue weighted by Gasteiger charge is -2.22. The van der Waals surface area contributed by atoms with E-state index >= 15 is 0 Å². The third-order valence-electron chi connectivity index (χ3n) is 2.82. The van der Waals surface area contributed by atoms with Gasteiger partial charge in [-0.05, 0) is 32.0 Å². The number of hydrogen-bond acceptors (Lipinski definition) is 2. The van der Waals surface area contributed by atoms with E-state index < -0.39 is 17.6 Å². The van der Waals surface area contributed by atoms with Crippen LogP contribution in [0, 0.1) is 17.2 Å². The van der Waals surface area contributed by atoms with E-state index in [1.54, 1.807) is 13.8 Å². The standard InChI is InChI=1S/C14H15F3N2O/c1-3-19(9-10(2)8-18)13(20)11-5-4-6-12(7-11)14(15,16)17/h4-7,10H,3,9H2,1-2H3. The molecule has 0 aliphatic carbocycles. The largest absolute Gasteiger partial charge is 0.416 e. The maximum absolute atomic E-state index is 12.6. The van der Waals surface area contributed by atoms with Crippen molar-refractivity contribution >= 4 is 5.91 Å². The summed E-state index contributed by atoms with van der Waals surface area (Å²) in [6, 6.07) is 6.31. The fraction of sp³-hybridized carbons (Fsp3) is 0.429. The molecule has 1 rings (SSSR count). The number of benzene rings is 1. The van der Waals surface area contributed by atoms with Gasteiger partial charge in [0.25, 0.3) is 5.91 Å². The van der Waals surface area contributed by atoms with Crippen LogP contribution in [0.5, 0.6) is 0 Å². The van der Waals surface area contributed by atoms with Crippen molar-refractivity contribution in [2.24, 2.45) is 5.92 Å². The van der Waals surface area contributed by atoms with Gasteiger partial charge in [0.1, 0.15) is 0 Å². The summed E-state index contributed by atoms with van der Waals surface area (Å²) in [6.07, 6.45) is -4.48. The number of hydrogen-bond donors (Lipinski definition) is 0. The Hall–Kier alpha value is -2.03. The average Bonchev–Trinajstić information content (AvgIpc) is 2.42. The normalized spacial score (nSPS) is 12.6. The highest BCUT2D eigenvalue weighted by molar-refractivity contribution is 5.94. The van der Waals surface area contributed by atoms with Crippen LogP contribution >= 0.6 is 0 Å². The molecule has 0 aliphatic heterocycles. The minimum absolute atomic E-state index is 0.0215. The number of halogens is 3. The molecule has 0 N–H and O–H groups in total. The van der Waals surface area contributed by atoms with E-state index in [0.29, 0.717) is 6.54 Å². The second-order valence-corrected chi connectivity index (χ2v) is 4.45. The summed E-state index contributed by atoms with van der Waals surface area (Å²) < 4.78 is 37.8. The Bertz CT molecular complexity index is 520. The molecule has 1 aromatic rings. The zero-order chi connectivity index (χ0) is 15.3. The lowest BCUT2D eigenvalue weighted by molar-refractivity contribution is -0.137. The maximum Gasteiger partial charge on any atom is 0.416 e. The van der Waals surface area contributed by atoms with Crippen LogP contribution in [-0.4, -0.2) is 23.9 Å². The van der Waals surface area contributed by atoms with Gasteiger partial charge in [-0.1, -0.05) is 6.07 Å². The van der Waals surface area contributed by atoms with Gasteiger partial charge >= 0.3 is 6.18 Å².